The van der Waals surface area contributed by atoms with Gasteiger partial charge in [0, 0.05) is 13.1 Å². The second-order valence-corrected chi connectivity index (χ2v) is 5.44. The van der Waals surface area contributed by atoms with Crippen LogP contribution in [0, 0.1) is 11.8 Å². The molecule has 0 spiro atoms. The van der Waals surface area contributed by atoms with E-state index < -0.39 is 43.0 Å². The summed E-state index contributed by atoms with van der Waals surface area (Å²) < 4.78 is 43.7. The fraction of sp³-hybridized carbons (Fsp3) is 0.500. The Morgan fingerprint density at radius 3 is 2.48 bits per heavy atom. The molecule has 0 radical (unpaired) electrons. The maximum Gasteiger partial charge on any atom is 0.394 e. The predicted octanol–water partition coefficient (Wildman–Crippen LogP) is 2.34. The molecule has 5 nitrogen and oxygen atoms in total. The van der Waals surface area contributed by atoms with Gasteiger partial charge in [0.2, 0.25) is 0 Å². The Morgan fingerprint density at radius 2 is 2.05 bits per heavy atom. The first kappa shape index (κ1) is 15.7. The summed E-state index contributed by atoms with van der Waals surface area (Å²) in [4.78, 5) is 23.9. The lowest BCUT2D eigenvalue weighted by atomic mass is 9.96. The third-order valence-electron chi connectivity index (χ3n) is 3.34. The predicted molar refractivity (Wildman–Crippen MR) is 67.1 cm³/mol. The summed E-state index contributed by atoms with van der Waals surface area (Å²) in [5, 5.41) is 9.35. The first-order valence-electron chi connectivity index (χ1n) is 5.96. The number of carboxylic acid groups (broad SMARTS) is 1. The van der Waals surface area contributed by atoms with Crippen LogP contribution < -0.4 is 0 Å². The lowest BCUT2D eigenvalue weighted by Gasteiger charge is -2.17. The molecule has 1 saturated heterocycles. The summed E-state index contributed by atoms with van der Waals surface area (Å²) in [6.07, 6.45) is -2.94. The van der Waals surface area contributed by atoms with Crippen molar-refractivity contribution < 1.29 is 32.3 Å². The molecule has 116 valence electrons. The summed E-state index contributed by atoms with van der Waals surface area (Å²) in [7, 11) is 0. The maximum absolute atomic E-state index is 12.8. The quantitative estimate of drug-likeness (QED) is 0.865. The zero-order chi connectivity index (χ0) is 15.8. The molecule has 1 amide bonds. The van der Waals surface area contributed by atoms with Crippen LogP contribution in [0.4, 0.5) is 13.2 Å². The van der Waals surface area contributed by atoms with Gasteiger partial charge in [-0.05, 0) is 18.4 Å². The number of furan rings is 1. The Labute approximate surface area is 122 Å². The monoisotopic (exact) mass is 323 g/mol. The third-order valence-corrected chi connectivity index (χ3v) is 3.96. The topological polar surface area (TPSA) is 70.8 Å². The fourth-order valence-corrected chi connectivity index (χ4v) is 2.63. The molecule has 1 aliphatic heterocycles. The lowest BCUT2D eigenvalue weighted by Crippen LogP contribution is -2.34. The van der Waals surface area contributed by atoms with E-state index in [0.717, 1.165) is 4.90 Å². The SMILES string of the molecule is CSc1ccc(C(=O)N2C[C@@H](C(F)(F)F)[C@H](C(=O)O)C2)o1. The molecule has 21 heavy (non-hydrogen) atoms. The number of carboxylic acids is 1. The van der Waals surface area contributed by atoms with Gasteiger partial charge in [0.1, 0.15) is 0 Å². The van der Waals surface area contributed by atoms with E-state index in [1.54, 1.807) is 6.26 Å². The number of carbonyl (C=O) groups is 2. The Balaban J connectivity index is 2.18. The van der Waals surface area contributed by atoms with Crippen molar-refractivity contribution in [2.45, 2.75) is 11.3 Å². The smallest absolute Gasteiger partial charge is 0.394 e. The van der Waals surface area contributed by atoms with Crippen molar-refractivity contribution in [3.05, 3.63) is 17.9 Å². The average molecular weight is 323 g/mol. The number of hydrogen-bond donors (Lipinski definition) is 1. The van der Waals surface area contributed by atoms with Gasteiger partial charge in [-0.15, -0.1) is 0 Å². The summed E-state index contributed by atoms with van der Waals surface area (Å²) in [5.74, 6) is -6.09. The van der Waals surface area contributed by atoms with Gasteiger partial charge < -0.3 is 14.4 Å². The highest BCUT2D eigenvalue weighted by Crippen LogP contribution is 2.38. The number of halogens is 3. The second kappa shape index (κ2) is 5.63. The van der Waals surface area contributed by atoms with E-state index in [4.69, 9.17) is 9.52 Å². The molecular formula is C12H12F3NO4S. The van der Waals surface area contributed by atoms with Crippen LogP contribution in [0.25, 0.3) is 0 Å². The van der Waals surface area contributed by atoms with Crippen molar-refractivity contribution in [3.8, 4) is 0 Å². The third kappa shape index (κ3) is 3.17. The minimum absolute atomic E-state index is 0.0914. The van der Waals surface area contributed by atoms with Gasteiger partial charge in [-0.25, -0.2) is 0 Å². The van der Waals surface area contributed by atoms with Gasteiger partial charge in [0.05, 0.1) is 11.8 Å². The number of thioether (sulfide) groups is 1. The first-order valence-corrected chi connectivity index (χ1v) is 7.19. The van der Waals surface area contributed by atoms with Crippen molar-refractivity contribution in [2.24, 2.45) is 11.8 Å². The molecule has 2 rings (SSSR count). The Bertz CT molecular complexity index is 557. The minimum Gasteiger partial charge on any atom is -0.481 e. The van der Waals surface area contributed by atoms with E-state index in [1.165, 1.54) is 23.9 Å². The second-order valence-electron chi connectivity index (χ2n) is 4.63. The van der Waals surface area contributed by atoms with E-state index in [2.05, 4.69) is 0 Å². The summed E-state index contributed by atoms with van der Waals surface area (Å²) in [5.41, 5.74) is 0. The number of rotatable bonds is 3. The van der Waals surface area contributed by atoms with E-state index >= 15 is 0 Å². The van der Waals surface area contributed by atoms with E-state index in [9.17, 15) is 22.8 Å². The summed E-state index contributed by atoms with van der Waals surface area (Å²) in [6, 6.07) is 2.90. The molecule has 1 fully saturated rings. The minimum atomic E-state index is -4.66. The maximum atomic E-state index is 12.8. The van der Waals surface area contributed by atoms with Crippen molar-refractivity contribution in [1.29, 1.82) is 0 Å². The molecule has 0 saturated carbocycles. The van der Waals surface area contributed by atoms with Gasteiger partial charge in [-0.2, -0.15) is 13.2 Å². The lowest BCUT2D eigenvalue weighted by molar-refractivity contribution is -0.187. The zero-order valence-electron chi connectivity index (χ0n) is 10.9. The standard InChI is InChI=1S/C12H12F3NO4S/c1-21-9-3-2-8(20-9)10(17)16-4-6(11(18)19)7(5-16)12(13,14)15/h2-3,6-7H,4-5H2,1H3,(H,18,19)/t6-,7-/m1/s1. The molecule has 1 aromatic heterocycles. The van der Waals surface area contributed by atoms with Crippen LogP contribution in [-0.4, -0.2) is 47.4 Å². The van der Waals surface area contributed by atoms with Crippen LogP contribution in [0.1, 0.15) is 10.6 Å². The van der Waals surface area contributed by atoms with Crippen LogP contribution >= 0.6 is 11.8 Å². The van der Waals surface area contributed by atoms with Crippen LogP contribution in [0.2, 0.25) is 0 Å². The number of alkyl halides is 3. The summed E-state index contributed by atoms with van der Waals surface area (Å²) >= 11 is 1.25. The molecule has 1 aliphatic rings. The van der Waals surface area contributed by atoms with E-state index in [-0.39, 0.29) is 5.76 Å². The molecule has 2 heterocycles. The Hall–Kier alpha value is -1.64. The van der Waals surface area contributed by atoms with Gasteiger partial charge in [0.25, 0.3) is 5.91 Å². The number of aliphatic carboxylic acids is 1. The van der Waals surface area contributed by atoms with Gasteiger partial charge in [0.15, 0.2) is 10.9 Å². The number of carbonyl (C=O) groups excluding carboxylic acids is 1. The number of likely N-dealkylation sites (tertiary alicyclic amines) is 1. The molecule has 2 atom stereocenters. The molecular weight excluding hydrogens is 311 g/mol. The molecule has 0 bridgehead atoms. The summed E-state index contributed by atoms with van der Waals surface area (Å²) in [6.45, 7) is -1.15. The van der Waals surface area contributed by atoms with Crippen molar-refractivity contribution in [2.75, 3.05) is 19.3 Å². The van der Waals surface area contributed by atoms with E-state index in [0.29, 0.717) is 5.09 Å². The largest absolute Gasteiger partial charge is 0.481 e. The first-order chi connectivity index (χ1) is 9.74. The van der Waals surface area contributed by atoms with Gasteiger partial charge in [-0.3, -0.25) is 9.59 Å². The number of nitrogens with zero attached hydrogens (tertiary/aromatic N) is 1. The molecule has 1 aromatic rings. The van der Waals surface area contributed by atoms with E-state index in [1.807, 2.05) is 0 Å². The molecule has 0 unspecified atom stereocenters. The number of hydrogen-bond acceptors (Lipinski definition) is 4. The Morgan fingerprint density at radius 1 is 1.38 bits per heavy atom. The average Bonchev–Trinajstić information content (AvgIpc) is 3.04. The van der Waals surface area contributed by atoms with Crippen molar-refractivity contribution >= 4 is 23.6 Å². The highest BCUT2D eigenvalue weighted by atomic mass is 32.2. The number of amides is 1. The van der Waals surface area contributed by atoms with Gasteiger partial charge in [-0.1, -0.05) is 11.8 Å². The zero-order valence-corrected chi connectivity index (χ0v) is 11.7. The molecule has 1 N–H and O–H groups in total. The fourth-order valence-electron chi connectivity index (χ4n) is 2.25. The van der Waals surface area contributed by atoms with Crippen molar-refractivity contribution in [1.82, 2.24) is 4.90 Å². The van der Waals surface area contributed by atoms with Gasteiger partial charge >= 0.3 is 12.1 Å². The Kier molecular flexibility index (Phi) is 4.22. The molecule has 0 aromatic carbocycles. The van der Waals surface area contributed by atoms with Crippen LogP contribution in [0.15, 0.2) is 21.6 Å². The molecule has 9 heteroatoms. The molecule has 0 aliphatic carbocycles. The van der Waals surface area contributed by atoms with Crippen LogP contribution in [0.3, 0.4) is 0 Å². The highest BCUT2D eigenvalue weighted by molar-refractivity contribution is 7.98. The normalized spacial score (nSPS) is 22.6. The van der Waals surface area contributed by atoms with Crippen LogP contribution in [0.5, 0.6) is 0 Å². The van der Waals surface area contributed by atoms with Crippen LogP contribution in [-0.2, 0) is 4.79 Å². The highest BCUT2D eigenvalue weighted by Gasteiger charge is 2.53. The van der Waals surface area contributed by atoms with Crippen molar-refractivity contribution in [3.63, 3.8) is 0 Å².